The molecule has 1 fully saturated rings. The molecular weight excluding hydrogens is 245 g/mol. The molecule has 2 heterocycles. The lowest BCUT2D eigenvalue weighted by Crippen LogP contribution is -2.29. The summed E-state index contributed by atoms with van der Waals surface area (Å²) in [4.78, 5) is 6.70. The van der Waals surface area contributed by atoms with E-state index < -0.39 is 0 Å². The van der Waals surface area contributed by atoms with Crippen LogP contribution in [0.15, 0.2) is 28.8 Å². The number of hydrogen-bond donors (Lipinski definition) is 0. The quantitative estimate of drug-likeness (QED) is 0.833. The van der Waals surface area contributed by atoms with E-state index in [1.54, 1.807) is 12.1 Å². The summed E-state index contributed by atoms with van der Waals surface area (Å²) in [5, 5.41) is 3.96. The average Bonchev–Trinajstić information content (AvgIpc) is 2.89. The molecule has 4 nitrogen and oxygen atoms in total. The highest BCUT2D eigenvalue weighted by Crippen LogP contribution is 2.27. The van der Waals surface area contributed by atoms with Gasteiger partial charge in [-0.3, -0.25) is 0 Å². The van der Waals surface area contributed by atoms with Crippen LogP contribution in [-0.4, -0.2) is 35.2 Å². The van der Waals surface area contributed by atoms with Crippen molar-refractivity contribution in [3.8, 4) is 11.4 Å². The van der Waals surface area contributed by atoms with Crippen molar-refractivity contribution in [3.63, 3.8) is 0 Å². The number of halogens is 1. The minimum Gasteiger partial charge on any atom is -0.339 e. The Morgan fingerprint density at radius 2 is 2.11 bits per heavy atom. The van der Waals surface area contributed by atoms with E-state index in [2.05, 4.69) is 22.1 Å². The first-order chi connectivity index (χ1) is 9.22. The Kier molecular flexibility index (Phi) is 3.29. The normalized spacial score (nSPS) is 17.8. The number of hydrogen-bond acceptors (Lipinski definition) is 4. The molecule has 0 N–H and O–H groups in total. The van der Waals surface area contributed by atoms with E-state index in [1.807, 2.05) is 0 Å². The lowest BCUT2D eigenvalue weighted by atomic mass is 9.97. The summed E-state index contributed by atoms with van der Waals surface area (Å²) in [5.74, 6) is 1.18. The smallest absolute Gasteiger partial charge is 0.230 e. The van der Waals surface area contributed by atoms with Crippen LogP contribution < -0.4 is 0 Å². The van der Waals surface area contributed by atoms with Crippen molar-refractivity contribution in [2.45, 2.75) is 18.8 Å². The van der Waals surface area contributed by atoms with Gasteiger partial charge >= 0.3 is 0 Å². The van der Waals surface area contributed by atoms with E-state index in [1.165, 1.54) is 12.1 Å². The molecule has 1 aromatic heterocycles. The second kappa shape index (κ2) is 5.09. The molecule has 1 saturated heterocycles. The molecule has 0 unspecified atom stereocenters. The van der Waals surface area contributed by atoms with Crippen molar-refractivity contribution in [1.29, 1.82) is 0 Å². The molecule has 0 saturated carbocycles. The van der Waals surface area contributed by atoms with Gasteiger partial charge < -0.3 is 9.42 Å². The number of rotatable bonds is 2. The summed E-state index contributed by atoms with van der Waals surface area (Å²) < 4.78 is 18.5. The summed E-state index contributed by atoms with van der Waals surface area (Å²) in [7, 11) is 2.11. The Morgan fingerprint density at radius 3 is 2.84 bits per heavy atom. The number of nitrogens with zero attached hydrogens (tertiary/aromatic N) is 3. The standard InChI is InChI=1S/C14H16FN3O/c1-18-7-5-10(6-8-18)14-16-13(17-19-14)11-3-2-4-12(15)9-11/h2-4,9-10H,5-8H2,1H3. The van der Waals surface area contributed by atoms with Crippen molar-refractivity contribution in [2.75, 3.05) is 20.1 Å². The van der Waals surface area contributed by atoms with Crippen LogP contribution in [0.5, 0.6) is 0 Å². The zero-order chi connectivity index (χ0) is 13.2. The number of likely N-dealkylation sites (tertiary alicyclic amines) is 1. The first kappa shape index (κ1) is 12.3. The Hall–Kier alpha value is -1.75. The molecule has 5 heteroatoms. The highest BCUT2D eigenvalue weighted by molar-refractivity contribution is 5.53. The maximum absolute atomic E-state index is 13.2. The van der Waals surface area contributed by atoms with Crippen LogP contribution in [0.2, 0.25) is 0 Å². The van der Waals surface area contributed by atoms with Gasteiger partial charge in [0.15, 0.2) is 0 Å². The third-order valence-corrected chi connectivity index (χ3v) is 3.59. The molecule has 0 spiro atoms. The fourth-order valence-corrected chi connectivity index (χ4v) is 2.40. The summed E-state index contributed by atoms with van der Waals surface area (Å²) in [5.41, 5.74) is 0.655. The van der Waals surface area contributed by atoms with Crippen LogP contribution in [0.3, 0.4) is 0 Å². The molecular formula is C14H16FN3O. The summed E-state index contributed by atoms with van der Waals surface area (Å²) >= 11 is 0. The fraction of sp³-hybridized carbons (Fsp3) is 0.429. The molecule has 2 aromatic rings. The van der Waals surface area contributed by atoms with Gasteiger partial charge in [-0.1, -0.05) is 17.3 Å². The molecule has 1 aliphatic heterocycles. The zero-order valence-corrected chi connectivity index (χ0v) is 10.8. The third kappa shape index (κ3) is 2.66. The van der Waals surface area contributed by atoms with Gasteiger partial charge in [0.1, 0.15) is 5.82 Å². The molecule has 0 amide bonds. The van der Waals surface area contributed by atoms with Crippen molar-refractivity contribution in [1.82, 2.24) is 15.0 Å². The highest BCUT2D eigenvalue weighted by atomic mass is 19.1. The summed E-state index contributed by atoms with van der Waals surface area (Å²) in [6.45, 7) is 2.09. The SMILES string of the molecule is CN1CCC(c2nc(-c3cccc(F)c3)no2)CC1. The van der Waals surface area contributed by atoms with Gasteiger partial charge in [0.05, 0.1) is 0 Å². The minimum atomic E-state index is -0.289. The predicted octanol–water partition coefficient (Wildman–Crippen LogP) is 2.68. The molecule has 3 rings (SSSR count). The van der Waals surface area contributed by atoms with Crippen LogP contribution in [0, 0.1) is 5.82 Å². The molecule has 0 atom stereocenters. The maximum Gasteiger partial charge on any atom is 0.230 e. The van der Waals surface area contributed by atoms with Crippen LogP contribution in [-0.2, 0) is 0 Å². The van der Waals surface area contributed by atoms with Gasteiger partial charge in [-0.2, -0.15) is 4.98 Å². The van der Waals surface area contributed by atoms with Crippen LogP contribution >= 0.6 is 0 Å². The highest BCUT2D eigenvalue weighted by Gasteiger charge is 2.23. The second-order valence-electron chi connectivity index (χ2n) is 5.04. The summed E-state index contributed by atoms with van der Waals surface area (Å²) in [6, 6.07) is 6.26. The monoisotopic (exact) mass is 261 g/mol. The Bertz CT molecular complexity index is 561. The fourth-order valence-electron chi connectivity index (χ4n) is 2.40. The van der Waals surface area contributed by atoms with Gasteiger partial charge in [-0.25, -0.2) is 4.39 Å². The molecule has 19 heavy (non-hydrogen) atoms. The Morgan fingerprint density at radius 1 is 1.32 bits per heavy atom. The van der Waals surface area contributed by atoms with E-state index in [0.717, 1.165) is 25.9 Å². The maximum atomic E-state index is 13.2. The average molecular weight is 261 g/mol. The van der Waals surface area contributed by atoms with Crippen LogP contribution in [0.4, 0.5) is 4.39 Å². The summed E-state index contributed by atoms with van der Waals surface area (Å²) in [6.07, 6.45) is 2.06. The molecule has 0 radical (unpaired) electrons. The third-order valence-electron chi connectivity index (χ3n) is 3.59. The Labute approximate surface area is 111 Å². The lowest BCUT2D eigenvalue weighted by molar-refractivity contribution is 0.227. The van der Waals surface area contributed by atoms with E-state index >= 15 is 0 Å². The van der Waals surface area contributed by atoms with E-state index in [0.29, 0.717) is 23.2 Å². The molecule has 100 valence electrons. The van der Waals surface area contributed by atoms with E-state index in [4.69, 9.17) is 4.52 Å². The van der Waals surface area contributed by atoms with E-state index in [-0.39, 0.29) is 5.82 Å². The first-order valence-electron chi connectivity index (χ1n) is 6.50. The molecule has 1 aromatic carbocycles. The van der Waals surface area contributed by atoms with Crippen molar-refractivity contribution in [3.05, 3.63) is 36.0 Å². The van der Waals surface area contributed by atoms with Gasteiger partial charge in [-0.05, 0) is 45.1 Å². The second-order valence-corrected chi connectivity index (χ2v) is 5.04. The lowest BCUT2D eigenvalue weighted by Gasteiger charge is -2.26. The van der Waals surface area contributed by atoms with E-state index in [9.17, 15) is 4.39 Å². The number of benzene rings is 1. The first-order valence-corrected chi connectivity index (χ1v) is 6.50. The molecule has 1 aliphatic rings. The minimum absolute atomic E-state index is 0.289. The van der Waals surface area contributed by atoms with Gasteiger partial charge in [0.2, 0.25) is 11.7 Å². The Balaban J connectivity index is 1.80. The van der Waals surface area contributed by atoms with Crippen LogP contribution in [0.25, 0.3) is 11.4 Å². The molecule has 0 bridgehead atoms. The largest absolute Gasteiger partial charge is 0.339 e. The number of piperidine rings is 1. The van der Waals surface area contributed by atoms with Crippen molar-refractivity contribution in [2.24, 2.45) is 0 Å². The molecule has 0 aliphatic carbocycles. The van der Waals surface area contributed by atoms with Gasteiger partial charge in [0, 0.05) is 11.5 Å². The van der Waals surface area contributed by atoms with Gasteiger partial charge in [-0.15, -0.1) is 0 Å². The van der Waals surface area contributed by atoms with Gasteiger partial charge in [0.25, 0.3) is 0 Å². The van der Waals surface area contributed by atoms with Crippen molar-refractivity contribution < 1.29 is 8.91 Å². The van der Waals surface area contributed by atoms with Crippen molar-refractivity contribution >= 4 is 0 Å². The topological polar surface area (TPSA) is 42.2 Å². The zero-order valence-electron chi connectivity index (χ0n) is 10.8. The van der Waals surface area contributed by atoms with Crippen LogP contribution in [0.1, 0.15) is 24.7 Å². The number of aromatic nitrogens is 2. The predicted molar refractivity (Wildman–Crippen MR) is 69.2 cm³/mol.